The first-order chi connectivity index (χ1) is 61.2. The van der Waals surface area contributed by atoms with Crippen LogP contribution in [0.2, 0.25) is 0 Å². The standard InChI is InChI=1S/C29H46N2.C25H38N2.C21H30N2.C17H22N2.C10H16N2.C8H12N2.C7H10N2/c1-18(2)9-24-14-22(15-25(28(24)30)10-19(3)4)13-23-16-26(11-20(5)6)29(31)27(17-23)12-21(7)8;1-14(2)20-10-18(11-21(15(3)4)24(20)26)9-19-12-22(16(5)6)25(27)23(13-19)17(7)8;1-5-16-10-14(11-17(6-2)20(16)22)9-15-12-18(7-3)21(23)19(8-4)13-15;1-10-5-14(6-11(2)16(10)18)9-15-7-12(3)17(19)13(4)8-15;1-5-6(2)10(12)8(4)7(3)9(5)11;1-5-3-7(9)4-6(2)8(5)10;1-5-4-6(8)2-3-7(5)9/h14-21H,9-13,30-31H2,1-8H3;10-17H,9,26-27H2,1-8H3;10-13H,5-9,22-23H2,1-4H3;5-8H,9,18-19H2,1-4H3;11-12H2,1-4H3;3-4H,9-10H2,1-2H3;2-4H,8-9H2,1H3. The van der Waals surface area contributed by atoms with Crippen molar-refractivity contribution in [2.75, 3.05) is 80.3 Å². The lowest BCUT2D eigenvalue weighted by atomic mass is 9.86. The largest absolute Gasteiger partial charge is 0.399 e. The fraction of sp³-hybridized carbons (Fsp3) is 0.436. The molecule has 712 valence electrons. The predicted molar refractivity (Wildman–Crippen MR) is 584 cm³/mol. The van der Waals surface area contributed by atoms with Crippen LogP contribution in [0.3, 0.4) is 0 Å². The summed E-state index contributed by atoms with van der Waals surface area (Å²) in [5.74, 6) is 4.07. The molecule has 0 saturated carbocycles. The maximum absolute atomic E-state index is 6.60. The molecule has 0 aliphatic rings. The van der Waals surface area contributed by atoms with E-state index in [2.05, 4.69) is 263 Å². The van der Waals surface area contributed by atoms with E-state index in [9.17, 15) is 0 Å². The van der Waals surface area contributed by atoms with E-state index in [0.717, 1.165) is 218 Å². The molecule has 11 aromatic carbocycles. The zero-order chi connectivity index (χ0) is 98.9. The first-order valence-corrected chi connectivity index (χ1v) is 48.2. The van der Waals surface area contributed by atoms with E-state index in [0.29, 0.717) is 47.3 Å². The summed E-state index contributed by atoms with van der Waals surface area (Å²) in [4.78, 5) is 0. The molecule has 0 heterocycles. The molecule has 0 atom stereocenters. The molecule has 0 amide bonds. The Labute approximate surface area is 793 Å². The van der Waals surface area contributed by atoms with Crippen LogP contribution in [0.1, 0.15) is 335 Å². The van der Waals surface area contributed by atoms with Crippen LogP contribution in [-0.2, 0) is 77.0 Å². The molecule has 0 unspecified atom stereocenters. The van der Waals surface area contributed by atoms with Gasteiger partial charge in [-0.2, -0.15) is 0 Å². The number of rotatable bonds is 24. The van der Waals surface area contributed by atoms with E-state index >= 15 is 0 Å². The van der Waals surface area contributed by atoms with Crippen LogP contribution in [-0.4, -0.2) is 0 Å². The maximum atomic E-state index is 6.60. The lowest BCUT2D eigenvalue weighted by Gasteiger charge is -2.21. The Hall–Kier alpha value is -11.4. The van der Waals surface area contributed by atoms with E-state index in [-0.39, 0.29) is 0 Å². The van der Waals surface area contributed by atoms with Gasteiger partial charge in [-0.3, -0.25) is 0 Å². The van der Waals surface area contributed by atoms with Gasteiger partial charge in [-0.05, 0) is 403 Å². The van der Waals surface area contributed by atoms with Crippen molar-refractivity contribution in [3.05, 3.63) is 300 Å². The first-order valence-electron chi connectivity index (χ1n) is 48.2. The van der Waals surface area contributed by atoms with Gasteiger partial charge >= 0.3 is 0 Å². The van der Waals surface area contributed by atoms with Crippen LogP contribution < -0.4 is 80.3 Å². The third-order valence-electron chi connectivity index (χ3n) is 25.4. The number of nitrogens with two attached hydrogens (primary N) is 14. The van der Waals surface area contributed by atoms with E-state index in [1.54, 1.807) is 6.07 Å². The third kappa shape index (κ3) is 31.7. The quantitative estimate of drug-likeness (QED) is 0.0250. The summed E-state index contributed by atoms with van der Waals surface area (Å²) in [6.45, 7) is 66.7. The van der Waals surface area contributed by atoms with E-state index < -0.39 is 0 Å². The Kier molecular flexibility index (Phi) is 42.3. The molecule has 131 heavy (non-hydrogen) atoms. The van der Waals surface area contributed by atoms with Gasteiger partial charge < -0.3 is 80.3 Å². The van der Waals surface area contributed by atoms with Crippen LogP contribution in [0.25, 0.3) is 0 Å². The van der Waals surface area contributed by atoms with E-state index in [4.69, 9.17) is 80.3 Å². The summed E-state index contributed by atoms with van der Waals surface area (Å²) < 4.78 is 0. The van der Waals surface area contributed by atoms with Crippen LogP contribution in [0.5, 0.6) is 0 Å². The first kappa shape index (κ1) is 110. The average molecular weight is 1780 g/mol. The summed E-state index contributed by atoms with van der Waals surface area (Å²) >= 11 is 0. The van der Waals surface area contributed by atoms with Gasteiger partial charge in [0, 0.05) is 79.6 Å². The number of hydrogen-bond donors (Lipinski definition) is 14. The molecule has 0 spiro atoms. The lowest BCUT2D eigenvalue weighted by Crippen LogP contribution is -2.09. The van der Waals surface area contributed by atoms with Gasteiger partial charge in [0.25, 0.3) is 0 Å². The van der Waals surface area contributed by atoms with Crippen LogP contribution in [0, 0.1) is 99.8 Å². The van der Waals surface area contributed by atoms with E-state index in [1.165, 1.54) is 111 Å². The van der Waals surface area contributed by atoms with Gasteiger partial charge in [0.05, 0.1) is 0 Å². The van der Waals surface area contributed by atoms with Crippen molar-refractivity contribution >= 4 is 79.6 Å². The molecular weight excluding hydrogens is 1600 g/mol. The molecule has 0 aromatic heterocycles. The summed E-state index contributed by atoms with van der Waals surface area (Å²) in [7, 11) is 0. The number of aryl methyl sites for hydroxylation is 11. The average Bonchev–Trinajstić information content (AvgIpc) is 0.800. The van der Waals surface area contributed by atoms with Crippen LogP contribution in [0.15, 0.2) is 127 Å². The van der Waals surface area contributed by atoms with Crippen molar-refractivity contribution in [2.24, 2.45) is 23.7 Å². The number of benzene rings is 11. The van der Waals surface area contributed by atoms with Gasteiger partial charge in [-0.1, -0.05) is 236 Å². The molecule has 14 nitrogen and oxygen atoms in total. The molecule has 0 bridgehead atoms. The van der Waals surface area contributed by atoms with E-state index in [1.807, 2.05) is 72.7 Å². The minimum atomic E-state index is 0.423. The molecule has 0 aliphatic heterocycles. The molecular formula is C117H174N14. The molecule has 0 radical (unpaired) electrons. The van der Waals surface area contributed by atoms with Crippen molar-refractivity contribution in [1.29, 1.82) is 0 Å². The number of nitrogen functional groups attached to an aromatic ring is 14. The Balaban J connectivity index is 0.000000281. The zero-order valence-electron chi connectivity index (χ0n) is 86.8. The minimum Gasteiger partial charge on any atom is -0.399 e. The zero-order valence-corrected chi connectivity index (χ0v) is 86.8. The summed E-state index contributed by atoms with van der Waals surface area (Å²) in [5, 5.41) is 0. The SMILES string of the molecule is CC(C)Cc1cc(Cc2cc(CC(C)C)c(N)c(CC(C)C)c2)cc(CC(C)C)c1N.CC(C)c1cc(Cc2cc(C(C)C)c(N)c(C(C)C)c2)cc(C(C)C)c1N.CCc1cc(Cc2cc(CC)c(N)c(CC)c2)cc(CC)c1N.Cc1c(C)c(N)c(C)c(C)c1N.Cc1cc(Cc2cc(C)c(N)c(C)c2)cc(C)c1N.Cc1cc(N)cc(C)c1N.Cc1cc(N)ccc1N. The topological polar surface area (TPSA) is 364 Å². The molecule has 0 fully saturated rings. The number of anilines is 14. The monoisotopic (exact) mass is 1780 g/mol. The molecule has 11 rings (SSSR count). The fourth-order valence-corrected chi connectivity index (χ4v) is 17.4. The van der Waals surface area contributed by atoms with Gasteiger partial charge in [0.2, 0.25) is 0 Å². The van der Waals surface area contributed by atoms with Crippen molar-refractivity contribution in [3.63, 3.8) is 0 Å². The Morgan fingerprint density at radius 3 is 0.580 bits per heavy atom. The molecule has 0 saturated heterocycles. The highest BCUT2D eigenvalue weighted by molar-refractivity contribution is 5.71. The highest BCUT2D eigenvalue weighted by atomic mass is 14.7. The molecule has 28 N–H and O–H groups in total. The number of hydrogen-bond acceptors (Lipinski definition) is 14. The van der Waals surface area contributed by atoms with Crippen molar-refractivity contribution in [2.45, 2.75) is 315 Å². The molecule has 11 aromatic rings. The third-order valence-corrected chi connectivity index (χ3v) is 25.4. The maximum Gasteiger partial charge on any atom is 0.0384 e. The van der Waals surface area contributed by atoms with Crippen molar-refractivity contribution in [3.8, 4) is 0 Å². The normalized spacial score (nSPS) is 11.1. The van der Waals surface area contributed by atoms with Crippen LogP contribution >= 0.6 is 0 Å². The van der Waals surface area contributed by atoms with Gasteiger partial charge in [-0.15, -0.1) is 0 Å². The highest BCUT2D eigenvalue weighted by Gasteiger charge is 2.21. The Morgan fingerprint density at radius 1 is 0.191 bits per heavy atom. The van der Waals surface area contributed by atoms with Gasteiger partial charge in [0.1, 0.15) is 0 Å². The minimum absolute atomic E-state index is 0.423. The van der Waals surface area contributed by atoms with Crippen molar-refractivity contribution in [1.82, 2.24) is 0 Å². The smallest absolute Gasteiger partial charge is 0.0384 e. The molecule has 14 heteroatoms. The molecule has 0 aliphatic carbocycles. The highest BCUT2D eigenvalue weighted by Crippen LogP contribution is 2.39. The fourth-order valence-electron chi connectivity index (χ4n) is 17.4. The van der Waals surface area contributed by atoms with Gasteiger partial charge in [-0.25, -0.2) is 0 Å². The summed E-state index contributed by atoms with van der Waals surface area (Å²) in [6, 6.07) is 45.5. The van der Waals surface area contributed by atoms with Gasteiger partial charge in [0.15, 0.2) is 0 Å². The van der Waals surface area contributed by atoms with Crippen LogP contribution in [0.4, 0.5) is 79.6 Å². The summed E-state index contributed by atoms with van der Waals surface area (Å²) in [5.41, 5.74) is 136. The summed E-state index contributed by atoms with van der Waals surface area (Å²) in [6.07, 6.45) is 11.8. The predicted octanol–water partition coefficient (Wildman–Crippen LogP) is 27.3. The lowest BCUT2D eigenvalue weighted by molar-refractivity contribution is 0.636. The van der Waals surface area contributed by atoms with Crippen molar-refractivity contribution < 1.29 is 0 Å². The second-order valence-corrected chi connectivity index (χ2v) is 40.1. The second-order valence-electron chi connectivity index (χ2n) is 40.1. The Bertz CT molecular complexity index is 5030. The Morgan fingerprint density at radius 2 is 0.382 bits per heavy atom. The second kappa shape index (κ2) is 50.3.